The number of halogens is 1. The summed E-state index contributed by atoms with van der Waals surface area (Å²) in [5.41, 5.74) is 1.86. The molecule has 0 amide bonds. The highest BCUT2D eigenvalue weighted by Crippen LogP contribution is 2.29. The van der Waals surface area contributed by atoms with Gasteiger partial charge in [-0.25, -0.2) is 0 Å². The number of para-hydroxylation sites is 1. The fourth-order valence-electron chi connectivity index (χ4n) is 1.99. The van der Waals surface area contributed by atoms with Crippen molar-refractivity contribution in [3.63, 3.8) is 0 Å². The molecule has 2 aromatic rings. The van der Waals surface area contributed by atoms with E-state index in [1.54, 1.807) is 0 Å². The Bertz CT molecular complexity index is 495. The Hall–Kier alpha value is -1.03. The number of aliphatic hydroxyl groups is 1. The SMILES string of the molecule is OCCCCCNCc1c(Cl)oc2ccccc12. The minimum absolute atomic E-state index is 0.276. The Morgan fingerprint density at radius 1 is 1.17 bits per heavy atom. The van der Waals surface area contributed by atoms with E-state index in [0.717, 1.165) is 48.9 Å². The number of unbranched alkanes of at least 4 members (excludes halogenated alkanes) is 2. The van der Waals surface area contributed by atoms with Gasteiger partial charge < -0.3 is 14.8 Å². The summed E-state index contributed by atoms with van der Waals surface area (Å²) in [5.74, 6) is 0. The molecule has 4 heteroatoms. The fraction of sp³-hybridized carbons (Fsp3) is 0.429. The Morgan fingerprint density at radius 3 is 2.83 bits per heavy atom. The number of aliphatic hydroxyl groups excluding tert-OH is 1. The topological polar surface area (TPSA) is 45.4 Å². The van der Waals surface area contributed by atoms with Crippen LogP contribution in [0.15, 0.2) is 28.7 Å². The molecular weight excluding hydrogens is 250 g/mol. The molecule has 0 saturated carbocycles. The Balaban J connectivity index is 1.89. The van der Waals surface area contributed by atoms with Gasteiger partial charge in [-0.3, -0.25) is 0 Å². The minimum atomic E-state index is 0.276. The van der Waals surface area contributed by atoms with Gasteiger partial charge in [-0.2, -0.15) is 0 Å². The van der Waals surface area contributed by atoms with E-state index < -0.39 is 0 Å². The van der Waals surface area contributed by atoms with Gasteiger partial charge in [0.05, 0.1) is 0 Å². The number of furan rings is 1. The molecule has 2 N–H and O–H groups in total. The second kappa shape index (κ2) is 6.78. The van der Waals surface area contributed by atoms with Gasteiger partial charge in [-0.15, -0.1) is 0 Å². The van der Waals surface area contributed by atoms with Gasteiger partial charge in [0, 0.05) is 24.1 Å². The smallest absolute Gasteiger partial charge is 0.199 e. The minimum Gasteiger partial charge on any atom is -0.444 e. The van der Waals surface area contributed by atoms with Crippen molar-refractivity contribution >= 4 is 22.6 Å². The lowest BCUT2D eigenvalue weighted by atomic mass is 10.2. The Kier molecular flexibility index (Phi) is 5.05. The zero-order chi connectivity index (χ0) is 12.8. The van der Waals surface area contributed by atoms with Crippen molar-refractivity contribution in [1.29, 1.82) is 0 Å². The van der Waals surface area contributed by atoms with Crippen LogP contribution >= 0.6 is 11.6 Å². The van der Waals surface area contributed by atoms with Crippen molar-refractivity contribution in [2.24, 2.45) is 0 Å². The van der Waals surface area contributed by atoms with Crippen LogP contribution < -0.4 is 5.32 Å². The summed E-state index contributed by atoms with van der Waals surface area (Å²) in [5, 5.41) is 13.6. The highest BCUT2D eigenvalue weighted by atomic mass is 35.5. The van der Waals surface area contributed by atoms with E-state index in [4.69, 9.17) is 21.1 Å². The molecule has 3 nitrogen and oxygen atoms in total. The molecular formula is C14H18ClNO2. The third kappa shape index (κ3) is 3.25. The van der Waals surface area contributed by atoms with Gasteiger partial charge in [0.25, 0.3) is 0 Å². The molecule has 1 aromatic carbocycles. The van der Waals surface area contributed by atoms with Crippen LogP contribution in [0.25, 0.3) is 11.0 Å². The van der Waals surface area contributed by atoms with Gasteiger partial charge in [-0.1, -0.05) is 18.2 Å². The molecule has 0 spiro atoms. The number of hydrogen-bond acceptors (Lipinski definition) is 3. The third-order valence-electron chi connectivity index (χ3n) is 2.96. The van der Waals surface area contributed by atoms with Crippen molar-refractivity contribution in [1.82, 2.24) is 5.32 Å². The third-order valence-corrected chi connectivity index (χ3v) is 3.27. The summed E-state index contributed by atoms with van der Waals surface area (Å²) in [6.45, 7) is 1.92. The van der Waals surface area contributed by atoms with Gasteiger partial charge in [0.15, 0.2) is 5.22 Å². The normalized spacial score (nSPS) is 11.2. The van der Waals surface area contributed by atoms with Gasteiger partial charge in [0.1, 0.15) is 5.58 Å². The van der Waals surface area contributed by atoms with Crippen LogP contribution in [0, 0.1) is 0 Å². The number of benzene rings is 1. The molecule has 0 saturated heterocycles. The van der Waals surface area contributed by atoms with Gasteiger partial charge in [-0.05, 0) is 43.5 Å². The molecule has 0 atom stereocenters. The maximum atomic E-state index is 8.68. The summed E-state index contributed by atoms with van der Waals surface area (Å²) >= 11 is 6.09. The lowest BCUT2D eigenvalue weighted by Crippen LogP contribution is -2.14. The highest BCUT2D eigenvalue weighted by Gasteiger charge is 2.10. The summed E-state index contributed by atoms with van der Waals surface area (Å²) < 4.78 is 5.49. The molecule has 98 valence electrons. The van der Waals surface area contributed by atoms with Crippen molar-refractivity contribution in [3.8, 4) is 0 Å². The molecule has 2 rings (SSSR count). The van der Waals surface area contributed by atoms with Gasteiger partial charge >= 0.3 is 0 Å². The van der Waals surface area contributed by atoms with Crippen LogP contribution in [0.4, 0.5) is 0 Å². The molecule has 0 aliphatic carbocycles. The summed E-state index contributed by atoms with van der Waals surface area (Å²) in [6, 6.07) is 7.87. The number of nitrogens with one attached hydrogen (secondary N) is 1. The predicted molar refractivity (Wildman–Crippen MR) is 73.9 cm³/mol. The zero-order valence-electron chi connectivity index (χ0n) is 10.3. The molecule has 1 heterocycles. The first kappa shape index (κ1) is 13.4. The molecule has 0 unspecified atom stereocenters. The summed E-state index contributed by atoms with van der Waals surface area (Å²) in [6.07, 6.45) is 2.98. The average Bonchev–Trinajstić information content (AvgIpc) is 2.70. The monoisotopic (exact) mass is 267 g/mol. The lowest BCUT2D eigenvalue weighted by Gasteiger charge is -2.03. The maximum Gasteiger partial charge on any atom is 0.199 e. The summed E-state index contributed by atoms with van der Waals surface area (Å²) in [4.78, 5) is 0. The Labute approximate surface area is 112 Å². The Morgan fingerprint density at radius 2 is 2.00 bits per heavy atom. The standard InChI is InChI=1S/C14H18ClNO2/c15-14-12(10-16-8-4-1-5-9-17)11-6-2-3-7-13(11)18-14/h2-3,6-7,16-17H,1,4-5,8-10H2. The van der Waals surface area contributed by atoms with Crippen LogP contribution in [0.3, 0.4) is 0 Å². The van der Waals surface area contributed by atoms with Crippen molar-refractivity contribution < 1.29 is 9.52 Å². The van der Waals surface area contributed by atoms with Gasteiger partial charge in [0.2, 0.25) is 0 Å². The molecule has 0 fully saturated rings. The highest BCUT2D eigenvalue weighted by molar-refractivity contribution is 6.30. The predicted octanol–water partition coefficient (Wildman–Crippen LogP) is 3.34. The average molecular weight is 268 g/mol. The largest absolute Gasteiger partial charge is 0.444 e. The van der Waals surface area contributed by atoms with E-state index in [1.807, 2.05) is 24.3 Å². The molecule has 0 aliphatic heterocycles. The fourth-order valence-corrected chi connectivity index (χ4v) is 2.24. The van der Waals surface area contributed by atoms with E-state index in [2.05, 4.69) is 5.32 Å². The van der Waals surface area contributed by atoms with Crippen LogP contribution in [0.2, 0.25) is 5.22 Å². The van der Waals surface area contributed by atoms with Crippen molar-refractivity contribution in [2.45, 2.75) is 25.8 Å². The quantitative estimate of drug-likeness (QED) is 0.757. The molecule has 0 radical (unpaired) electrons. The first-order valence-corrected chi connectivity index (χ1v) is 6.68. The van der Waals surface area contributed by atoms with Crippen LogP contribution in [0.5, 0.6) is 0 Å². The first-order chi connectivity index (χ1) is 8.83. The molecule has 0 bridgehead atoms. The molecule has 18 heavy (non-hydrogen) atoms. The molecule has 1 aromatic heterocycles. The second-order valence-corrected chi connectivity index (χ2v) is 4.65. The second-order valence-electron chi connectivity index (χ2n) is 4.31. The van der Waals surface area contributed by atoms with Crippen LogP contribution in [-0.4, -0.2) is 18.3 Å². The first-order valence-electron chi connectivity index (χ1n) is 6.30. The summed E-state index contributed by atoms with van der Waals surface area (Å²) in [7, 11) is 0. The van der Waals surface area contributed by atoms with Crippen LogP contribution in [0.1, 0.15) is 24.8 Å². The molecule has 0 aliphatic rings. The number of rotatable bonds is 7. The maximum absolute atomic E-state index is 8.68. The number of hydrogen-bond donors (Lipinski definition) is 2. The van der Waals surface area contributed by atoms with Crippen molar-refractivity contribution in [3.05, 3.63) is 35.0 Å². The van der Waals surface area contributed by atoms with Crippen LogP contribution in [-0.2, 0) is 6.54 Å². The van der Waals surface area contributed by atoms with E-state index in [9.17, 15) is 0 Å². The number of fused-ring (bicyclic) bond motifs is 1. The van der Waals surface area contributed by atoms with E-state index in [1.165, 1.54) is 0 Å². The lowest BCUT2D eigenvalue weighted by molar-refractivity contribution is 0.283. The van der Waals surface area contributed by atoms with E-state index in [-0.39, 0.29) is 6.61 Å². The van der Waals surface area contributed by atoms with E-state index in [0.29, 0.717) is 5.22 Å². The zero-order valence-corrected chi connectivity index (χ0v) is 11.0. The van der Waals surface area contributed by atoms with E-state index >= 15 is 0 Å². The van der Waals surface area contributed by atoms with Crippen molar-refractivity contribution in [2.75, 3.05) is 13.2 Å².